The second-order valence-corrected chi connectivity index (χ2v) is 7.66. The first-order chi connectivity index (χ1) is 15.1. The van der Waals surface area contributed by atoms with E-state index in [0.29, 0.717) is 17.5 Å². The van der Waals surface area contributed by atoms with E-state index in [9.17, 15) is 9.59 Å². The standard InChI is InChI=1S/C28H24O3/c1-31-26-15-14-22-16-24(13-12-23(22)17-26)28(30)19-25(20-8-4-2-5-9-20)18-27(29)21-10-6-3-7-11-21/h2-17,25H,18-19H2,1H3/t25-/m0/s1. The number of fused-ring (bicyclic) bond motifs is 1. The van der Waals surface area contributed by atoms with E-state index >= 15 is 0 Å². The summed E-state index contributed by atoms with van der Waals surface area (Å²) in [4.78, 5) is 26.0. The van der Waals surface area contributed by atoms with Gasteiger partial charge in [-0.15, -0.1) is 0 Å². The summed E-state index contributed by atoms with van der Waals surface area (Å²) in [6, 6.07) is 30.6. The van der Waals surface area contributed by atoms with Crippen molar-refractivity contribution in [3.8, 4) is 5.75 Å². The average molecular weight is 408 g/mol. The van der Waals surface area contributed by atoms with Crippen molar-refractivity contribution < 1.29 is 14.3 Å². The number of carbonyl (C=O) groups is 2. The molecule has 0 bridgehead atoms. The van der Waals surface area contributed by atoms with E-state index < -0.39 is 0 Å². The van der Waals surface area contributed by atoms with E-state index in [2.05, 4.69) is 0 Å². The molecule has 0 aromatic heterocycles. The van der Waals surface area contributed by atoms with Crippen LogP contribution in [0.4, 0.5) is 0 Å². The molecule has 0 amide bonds. The highest BCUT2D eigenvalue weighted by molar-refractivity contribution is 6.01. The summed E-state index contributed by atoms with van der Waals surface area (Å²) < 4.78 is 5.28. The van der Waals surface area contributed by atoms with E-state index in [0.717, 1.165) is 22.1 Å². The summed E-state index contributed by atoms with van der Waals surface area (Å²) in [7, 11) is 1.64. The Labute approximate surface area is 182 Å². The zero-order chi connectivity index (χ0) is 21.6. The lowest BCUT2D eigenvalue weighted by atomic mass is 9.86. The minimum Gasteiger partial charge on any atom is -0.497 e. The van der Waals surface area contributed by atoms with Gasteiger partial charge in [0.25, 0.3) is 0 Å². The maximum absolute atomic E-state index is 13.2. The molecule has 0 aliphatic carbocycles. The lowest BCUT2D eigenvalue weighted by Crippen LogP contribution is -2.12. The SMILES string of the molecule is COc1ccc2cc(C(=O)C[C@H](CC(=O)c3ccccc3)c3ccccc3)ccc2c1. The van der Waals surface area contributed by atoms with Crippen molar-refractivity contribution in [2.45, 2.75) is 18.8 Å². The summed E-state index contributed by atoms with van der Waals surface area (Å²) >= 11 is 0. The Hall–Kier alpha value is -3.72. The van der Waals surface area contributed by atoms with Gasteiger partial charge in [0.1, 0.15) is 5.75 Å². The van der Waals surface area contributed by atoms with Crippen LogP contribution in [0.15, 0.2) is 97.1 Å². The molecule has 0 aliphatic heterocycles. The summed E-state index contributed by atoms with van der Waals surface area (Å²) in [5.74, 6) is 0.698. The fourth-order valence-corrected chi connectivity index (χ4v) is 3.86. The molecule has 3 heteroatoms. The predicted molar refractivity (Wildman–Crippen MR) is 124 cm³/mol. The maximum atomic E-state index is 13.2. The van der Waals surface area contributed by atoms with Gasteiger partial charge in [0.15, 0.2) is 11.6 Å². The third-order valence-electron chi connectivity index (χ3n) is 5.60. The van der Waals surface area contributed by atoms with Gasteiger partial charge in [-0.3, -0.25) is 9.59 Å². The van der Waals surface area contributed by atoms with Crippen molar-refractivity contribution in [2.24, 2.45) is 0 Å². The Morgan fingerprint density at radius 1 is 0.677 bits per heavy atom. The molecular weight excluding hydrogens is 384 g/mol. The van der Waals surface area contributed by atoms with Crippen molar-refractivity contribution in [1.29, 1.82) is 0 Å². The van der Waals surface area contributed by atoms with E-state index in [1.54, 1.807) is 7.11 Å². The van der Waals surface area contributed by atoms with Crippen LogP contribution in [-0.4, -0.2) is 18.7 Å². The first-order valence-corrected chi connectivity index (χ1v) is 10.4. The molecule has 0 N–H and O–H groups in total. The van der Waals surface area contributed by atoms with Crippen LogP contribution in [0.2, 0.25) is 0 Å². The zero-order valence-corrected chi connectivity index (χ0v) is 17.5. The van der Waals surface area contributed by atoms with Crippen LogP contribution < -0.4 is 4.74 Å². The van der Waals surface area contributed by atoms with Gasteiger partial charge in [0.2, 0.25) is 0 Å². The normalized spacial score (nSPS) is 11.8. The lowest BCUT2D eigenvalue weighted by Gasteiger charge is -2.16. The molecule has 4 rings (SSSR count). The van der Waals surface area contributed by atoms with Gasteiger partial charge in [0.05, 0.1) is 7.11 Å². The smallest absolute Gasteiger partial charge is 0.163 e. The van der Waals surface area contributed by atoms with E-state index in [1.807, 2.05) is 97.1 Å². The summed E-state index contributed by atoms with van der Waals surface area (Å²) in [6.45, 7) is 0. The Balaban J connectivity index is 1.58. The molecule has 0 radical (unpaired) electrons. The Morgan fingerprint density at radius 3 is 1.94 bits per heavy atom. The molecule has 0 spiro atoms. The minimum absolute atomic E-state index is 0.0347. The van der Waals surface area contributed by atoms with Gasteiger partial charge in [-0.2, -0.15) is 0 Å². The maximum Gasteiger partial charge on any atom is 0.163 e. The second kappa shape index (κ2) is 9.40. The number of methoxy groups -OCH3 is 1. The number of benzene rings is 4. The molecule has 0 heterocycles. The van der Waals surface area contributed by atoms with Crippen LogP contribution in [0.25, 0.3) is 10.8 Å². The molecular formula is C28H24O3. The van der Waals surface area contributed by atoms with Crippen molar-refractivity contribution in [3.63, 3.8) is 0 Å². The number of carbonyl (C=O) groups excluding carboxylic acids is 2. The largest absolute Gasteiger partial charge is 0.497 e. The summed E-state index contributed by atoms with van der Waals surface area (Å²) in [5, 5.41) is 2.01. The Kier molecular flexibility index (Phi) is 6.23. The third kappa shape index (κ3) is 4.89. The Bertz CT molecular complexity index is 1200. The molecule has 0 aliphatic rings. The van der Waals surface area contributed by atoms with E-state index in [-0.39, 0.29) is 23.9 Å². The topological polar surface area (TPSA) is 43.4 Å². The van der Waals surface area contributed by atoms with Gasteiger partial charge >= 0.3 is 0 Å². The molecule has 4 aromatic carbocycles. The van der Waals surface area contributed by atoms with Crippen LogP contribution in [0, 0.1) is 0 Å². The van der Waals surface area contributed by atoms with Crippen LogP contribution in [-0.2, 0) is 0 Å². The average Bonchev–Trinajstić information content (AvgIpc) is 2.83. The molecule has 0 saturated heterocycles. The predicted octanol–water partition coefficient (Wildman–Crippen LogP) is 6.48. The number of ether oxygens (including phenoxy) is 1. The van der Waals surface area contributed by atoms with Gasteiger partial charge in [-0.1, -0.05) is 78.9 Å². The van der Waals surface area contributed by atoms with Crippen molar-refractivity contribution in [1.82, 2.24) is 0 Å². The van der Waals surface area contributed by atoms with Crippen LogP contribution in [0.1, 0.15) is 45.0 Å². The number of ketones is 2. The summed E-state index contributed by atoms with van der Waals surface area (Å²) in [5.41, 5.74) is 2.34. The highest BCUT2D eigenvalue weighted by atomic mass is 16.5. The van der Waals surface area contributed by atoms with Crippen molar-refractivity contribution >= 4 is 22.3 Å². The van der Waals surface area contributed by atoms with E-state index in [4.69, 9.17) is 4.74 Å². The third-order valence-corrected chi connectivity index (χ3v) is 5.60. The molecule has 0 fully saturated rings. The van der Waals surface area contributed by atoms with Crippen LogP contribution in [0.3, 0.4) is 0 Å². The first-order valence-electron chi connectivity index (χ1n) is 10.4. The highest BCUT2D eigenvalue weighted by Gasteiger charge is 2.21. The Morgan fingerprint density at radius 2 is 1.26 bits per heavy atom. The molecule has 0 saturated carbocycles. The number of Topliss-reactive ketones (excluding diaryl/α,β-unsaturated/α-hetero) is 2. The molecule has 4 aromatic rings. The molecule has 3 nitrogen and oxygen atoms in total. The fourth-order valence-electron chi connectivity index (χ4n) is 3.86. The van der Waals surface area contributed by atoms with Gasteiger partial charge in [-0.05, 0) is 40.5 Å². The quantitative estimate of drug-likeness (QED) is 0.314. The lowest BCUT2D eigenvalue weighted by molar-refractivity contribution is 0.0944. The number of rotatable bonds is 8. The van der Waals surface area contributed by atoms with Crippen LogP contribution >= 0.6 is 0 Å². The summed E-state index contributed by atoms with van der Waals surface area (Å²) in [6.07, 6.45) is 0.578. The first kappa shape index (κ1) is 20.5. The monoisotopic (exact) mass is 408 g/mol. The second-order valence-electron chi connectivity index (χ2n) is 7.66. The van der Waals surface area contributed by atoms with Gasteiger partial charge in [0, 0.05) is 24.0 Å². The number of hydrogen-bond acceptors (Lipinski definition) is 3. The number of hydrogen-bond donors (Lipinski definition) is 0. The van der Waals surface area contributed by atoms with Gasteiger partial charge < -0.3 is 4.74 Å². The molecule has 1 atom stereocenters. The molecule has 31 heavy (non-hydrogen) atoms. The van der Waals surface area contributed by atoms with Crippen molar-refractivity contribution in [3.05, 3.63) is 114 Å². The zero-order valence-electron chi connectivity index (χ0n) is 17.5. The molecule has 154 valence electrons. The fraction of sp³-hybridized carbons (Fsp3) is 0.143. The van der Waals surface area contributed by atoms with Crippen LogP contribution in [0.5, 0.6) is 5.75 Å². The van der Waals surface area contributed by atoms with Crippen molar-refractivity contribution in [2.75, 3.05) is 7.11 Å². The van der Waals surface area contributed by atoms with Gasteiger partial charge in [-0.25, -0.2) is 0 Å². The van der Waals surface area contributed by atoms with E-state index in [1.165, 1.54) is 0 Å². The highest BCUT2D eigenvalue weighted by Crippen LogP contribution is 2.28. The minimum atomic E-state index is -0.173. The molecule has 0 unspecified atom stereocenters.